The number of carbonyl (C=O) groups is 1. The Kier molecular flexibility index (Phi) is 5.37. The zero-order valence-electron chi connectivity index (χ0n) is 13.3. The van der Waals surface area contributed by atoms with Crippen molar-refractivity contribution < 1.29 is 9.18 Å². The van der Waals surface area contributed by atoms with Crippen LogP contribution >= 0.6 is 11.8 Å². The van der Waals surface area contributed by atoms with E-state index in [1.165, 1.54) is 35.3 Å². The second kappa shape index (κ2) is 7.68. The Labute approximate surface area is 145 Å². The smallest absolute Gasteiger partial charge is 0.255 e. The van der Waals surface area contributed by atoms with Gasteiger partial charge < -0.3 is 11.1 Å². The molecule has 6 heteroatoms. The maximum absolute atomic E-state index is 13.3. The highest BCUT2D eigenvalue weighted by Crippen LogP contribution is 2.20. The van der Waals surface area contributed by atoms with E-state index < -0.39 is 5.82 Å². The van der Waals surface area contributed by atoms with Gasteiger partial charge in [0.2, 0.25) is 0 Å². The molecule has 0 aromatic heterocycles. The molecule has 126 valence electrons. The second-order valence-corrected chi connectivity index (χ2v) is 7.00. The van der Waals surface area contributed by atoms with Crippen LogP contribution in [0, 0.1) is 5.82 Å². The summed E-state index contributed by atoms with van der Waals surface area (Å²) in [6.07, 6.45) is 0. The Hall–Kier alpha value is -2.05. The summed E-state index contributed by atoms with van der Waals surface area (Å²) in [4.78, 5) is 14.7. The molecule has 0 saturated carbocycles. The summed E-state index contributed by atoms with van der Waals surface area (Å²) in [5.41, 5.74) is 8.09. The predicted molar refractivity (Wildman–Crippen MR) is 97.8 cm³/mol. The minimum Gasteiger partial charge on any atom is -0.397 e. The molecule has 2 aromatic carbocycles. The van der Waals surface area contributed by atoms with Crippen LogP contribution in [0.25, 0.3) is 0 Å². The maximum atomic E-state index is 13.3. The number of halogens is 1. The van der Waals surface area contributed by atoms with E-state index in [9.17, 15) is 9.18 Å². The van der Waals surface area contributed by atoms with Gasteiger partial charge in [0.05, 0.1) is 11.4 Å². The number of thioether (sulfide) groups is 1. The van der Waals surface area contributed by atoms with E-state index in [1.807, 2.05) is 23.9 Å². The SMILES string of the molecule is Nc1ccc(F)cc1NC(=O)c1ccc(CN2CCSCC2)cc1. The van der Waals surface area contributed by atoms with E-state index in [4.69, 9.17) is 5.73 Å². The molecule has 0 bridgehead atoms. The average Bonchev–Trinajstić information content (AvgIpc) is 2.60. The van der Waals surface area contributed by atoms with Crippen LogP contribution in [0.1, 0.15) is 15.9 Å². The topological polar surface area (TPSA) is 58.4 Å². The maximum Gasteiger partial charge on any atom is 0.255 e. The first-order valence-corrected chi connectivity index (χ1v) is 9.03. The highest BCUT2D eigenvalue weighted by molar-refractivity contribution is 7.99. The van der Waals surface area contributed by atoms with E-state index in [-0.39, 0.29) is 11.6 Å². The quantitative estimate of drug-likeness (QED) is 0.836. The third-order valence-corrected chi connectivity index (χ3v) is 4.93. The van der Waals surface area contributed by atoms with Gasteiger partial charge in [-0.1, -0.05) is 12.1 Å². The van der Waals surface area contributed by atoms with Crippen LogP contribution in [0.3, 0.4) is 0 Å². The molecule has 0 radical (unpaired) electrons. The molecule has 0 spiro atoms. The van der Waals surface area contributed by atoms with Crippen molar-refractivity contribution in [3.8, 4) is 0 Å². The van der Waals surface area contributed by atoms with Crippen molar-refractivity contribution >= 4 is 29.0 Å². The number of hydrogen-bond acceptors (Lipinski definition) is 4. The van der Waals surface area contributed by atoms with Crippen LogP contribution in [-0.2, 0) is 6.54 Å². The average molecular weight is 345 g/mol. The summed E-state index contributed by atoms with van der Waals surface area (Å²) in [7, 11) is 0. The molecule has 0 aliphatic carbocycles. The number of anilines is 2. The van der Waals surface area contributed by atoms with Crippen LogP contribution in [0.5, 0.6) is 0 Å². The van der Waals surface area contributed by atoms with Crippen LogP contribution in [-0.4, -0.2) is 35.4 Å². The second-order valence-electron chi connectivity index (χ2n) is 5.77. The van der Waals surface area contributed by atoms with Crippen LogP contribution in [0.15, 0.2) is 42.5 Å². The Morgan fingerprint density at radius 1 is 1.17 bits per heavy atom. The normalized spacial score (nSPS) is 15.2. The Balaban J connectivity index is 1.64. The van der Waals surface area contributed by atoms with E-state index in [0.29, 0.717) is 11.3 Å². The molecule has 3 rings (SSSR count). The standard InChI is InChI=1S/C18H20FN3OS/c19-15-5-6-16(20)17(11-15)21-18(23)14-3-1-13(2-4-14)12-22-7-9-24-10-8-22/h1-6,11H,7-10,12,20H2,(H,21,23). The fraction of sp³-hybridized carbons (Fsp3) is 0.278. The lowest BCUT2D eigenvalue weighted by Gasteiger charge is -2.26. The largest absolute Gasteiger partial charge is 0.397 e. The van der Waals surface area contributed by atoms with Crippen molar-refractivity contribution in [2.75, 3.05) is 35.6 Å². The molecule has 1 aliphatic rings. The minimum absolute atomic E-state index is 0.287. The fourth-order valence-corrected chi connectivity index (χ4v) is 3.59. The lowest BCUT2D eigenvalue weighted by Crippen LogP contribution is -2.31. The molecular formula is C18H20FN3OS. The van der Waals surface area contributed by atoms with Crippen molar-refractivity contribution in [1.82, 2.24) is 4.90 Å². The zero-order valence-corrected chi connectivity index (χ0v) is 14.1. The summed E-state index contributed by atoms with van der Waals surface area (Å²) in [5, 5.41) is 2.65. The van der Waals surface area contributed by atoms with Crippen LogP contribution in [0.4, 0.5) is 15.8 Å². The van der Waals surface area contributed by atoms with Gasteiger partial charge in [0.25, 0.3) is 5.91 Å². The highest BCUT2D eigenvalue weighted by atomic mass is 32.2. The van der Waals surface area contributed by atoms with Gasteiger partial charge in [-0.2, -0.15) is 11.8 Å². The Bertz CT molecular complexity index is 715. The van der Waals surface area contributed by atoms with Gasteiger partial charge in [-0.05, 0) is 35.9 Å². The fourth-order valence-electron chi connectivity index (χ4n) is 2.61. The predicted octanol–water partition coefficient (Wildman–Crippen LogP) is 3.21. The summed E-state index contributed by atoms with van der Waals surface area (Å²) in [6.45, 7) is 3.11. The molecule has 1 heterocycles. The van der Waals surface area contributed by atoms with E-state index >= 15 is 0 Å². The van der Waals surface area contributed by atoms with Crippen LogP contribution < -0.4 is 11.1 Å². The molecule has 3 N–H and O–H groups in total. The van der Waals surface area contributed by atoms with Gasteiger partial charge in [0, 0.05) is 36.7 Å². The summed E-state index contributed by atoms with van der Waals surface area (Å²) in [5.74, 6) is 1.62. The first-order chi connectivity index (χ1) is 11.6. The number of nitrogens with two attached hydrogens (primary N) is 1. The number of benzene rings is 2. The number of amides is 1. The van der Waals surface area contributed by atoms with Gasteiger partial charge >= 0.3 is 0 Å². The van der Waals surface area contributed by atoms with Crippen molar-refractivity contribution in [3.63, 3.8) is 0 Å². The summed E-state index contributed by atoms with van der Waals surface area (Å²) < 4.78 is 13.3. The molecule has 1 saturated heterocycles. The number of rotatable bonds is 4. The first kappa shape index (κ1) is 16.8. The molecule has 1 aliphatic heterocycles. The molecule has 0 unspecified atom stereocenters. The van der Waals surface area contributed by atoms with Gasteiger partial charge in [0.15, 0.2) is 0 Å². The number of nitrogen functional groups attached to an aromatic ring is 1. The molecule has 0 atom stereocenters. The third-order valence-electron chi connectivity index (χ3n) is 3.99. The van der Waals surface area contributed by atoms with Crippen molar-refractivity contribution in [2.24, 2.45) is 0 Å². The molecular weight excluding hydrogens is 325 g/mol. The van der Waals surface area contributed by atoms with Gasteiger partial charge in [-0.15, -0.1) is 0 Å². The monoisotopic (exact) mass is 345 g/mol. The van der Waals surface area contributed by atoms with Crippen molar-refractivity contribution in [2.45, 2.75) is 6.54 Å². The van der Waals surface area contributed by atoms with Crippen molar-refractivity contribution in [3.05, 3.63) is 59.4 Å². The third kappa shape index (κ3) is 4.27. The molecule has 24 heavy (non-hydrogen) atoms. The Morgan fingerprint density at radius 2 is 1.88 bits per heavy atom. The number of carbonyl (C=O) groups excluding carboxylic acids is 1. The number of nitrogens with one attached hydrogen (secondary N) is 1. The number of hydrogen-bond donors (Lipinski definition) is 2. The van der Waals surface area contributed by atoms with Gasteiger partial charge in [0.1, 0.15) is 5.82 Å². The van der Waals surface area contributed by atoms with Gasteiger partial charge in [-0.25, -0.2) is 4.39 Å². The van der Waals surface area contributed by atoms with Crippen molar-refractivity contribution in [1.29, 1.82) is 0 Å². The number of nitrogens with zero attached hydrogens (tertiary/aromatic N) is 1. The summed E-state index contributed by atoms with van der Waals surface area (Å²) >= 11 is 1.99. The lowest BCUT2D eigenvalue weighted by atomic mass is 10.1. The van der Waals surface area contributed by atoms with E-state index in [2.05, 4.69) is 10.2 Å². The minimum atomic E-state index is -0.436. The lowest BCUT2D eigenvalue weighted by molar-refractivity contribution is 0.102. The van der Waals surface area contributed by atoms with Gasteiger partial charge in [-0.3, -0.25) is 9.69 Å². The molecule has 2 aromatic rings. The molecule has 1 amide bonds. The zero-order chi connectivity index (χ0) is 16.9. The van der Waals surface area contributed by atoms with E-state index in [0.717, 1.165) is 19.6 Å². The Morgan fingerprint density at radius 3 is 2.58 bits per heavy atom. The van der Waals surface area contributed by atoms with Crippen LogP contribution in [0.2, 0.25) is 0 Å². The highest BCUT2D eigenvalue weighted by Gasteiger charge is 2.12. The van der Waals surface area contributed by atoms with E-state index in [1.54, 1.807) is 12.1 Å². The summed E-state index contributed by atoms with van der Waals surface area (Å²) in [6, 6.07) is 11.4. The first-order valence-electron chi connectivity index (χ1n) is 7.87. The molecule has 1 fully saturated rings. The molecule has 4 nitrogen and oxygen atoms in total.